The summed E-state index contributed by atoms with van der Waals surface area (Å²) in [5.74, 6) is 0.664. The summed E-state index contributed by atoms with van der Waals surface area (Å²) in [5, 5.41) is 3.21. The van der Waals surface area contributed by atoms with Crippen LogP contribution in [0.3, 0.4) is 0 Å². The molecule has 18 heavy (non-hydrogen) atoms. The highest BCUT2D eigenvalue weighted by Gasteiger charge is 2.11. The fourth-order valence-corrected chi connectivity index (χ4v) is 4.12. The predicted octanol–water partition coefficient (Wildman–Crippen LogP) is 5.62. The number of halogens is 2. The normalized spacial score (nSPS) is 12.6. The van der Waals surface area contributed by atoms with Crippen molar-refractivity contribution in [2.75, 3.05) is 5.33 Å². The third-order valence-corrected chi connectivity index (χ3v) is 5.57. The minimum atomic E-state index is 0.664. The number of benzene rings is 1. The largest absolute Gasteiger partial charge is 0.148 e. The maximum atomic E-state index is 3.65. The molecule has 2 aromatic rings. The number of rotatable bonds is 5. The van der Waals surface area contributed by atoms with Crippen LogP contribution >= 0.6 is 43.2 Å². The molecule has 96 valence electrons. The van der Waals surface area contributed by atoms with Gasteiger partial charge in [-0.25, -0.2) is 0 Å². The third kappa shape index (κ3) is 4.22. The average Bonchev–Trinajstić information content (AvgIpc) is 2.74. The number of alkyl halides is 1. The van der Waals surface area contributed by atoms with Crippen LogP contribution in [0.5, 0.6) is 0 Å². The van der Waals surface area contributed by atoms with E-state index in [1.165, 1.54) is 20.5 Å². The molecule has 1 aromatic heterocycles. The molecule has 3 heteroatoms. The summed E-state index contributed by atoms with van der Waals surface area (Å²) in [7, 11) is 0. The van der Waals surface area contributed by atoms with Crippen LogP contribution < -0.4 is 0 Å². The lowest BCUT2D eigenvalue weighted by molar-refractivity contribution is 0.596. The van der Waals surface area contributed by atoms with E-state index in [1.54, 1.807) is 0 Å². The van der Waals surface area contributed by atoms with E-state index in [4.69, 9.17) is 0 Å². The van der Waals surface area contributed by atoms with Gasteiger partial charge in [0.05, 0.1) is 0 Å². The summed E-state index contributed by atoms with van der Waals surface area (Å²) in [6.07, 6.45) is 2.29. The summed E-state index contributed by atoms with van der Waals surface area (Å²) < 4.78 is 1.20. The Bertz CT molecular complexity index is 505. The van der Waals surface area contributed by atoms with Crippen molar-refractivity contribution in [3.05, 3.63) is 56.2 Å². The third-order valence-electron chi connectivity index (χ3n) is 2.94. The van der Waals surface area contributed by atoms with Crippen LogP contribution in [0.4, 0.5) is 0 Å². The Morgan fingerprint density at radius 3 is 2.67 bits per heavy atom. The summed E-state index contributed by atoms with van der Waals surface area (Å²) in [5.41, 5.74) is 2.79. The lowest BCUT2D eigenvalue weighted by atomic mass is 9.96. The van der Waals surface area contributed by atoms with Gasteiger partial charge in [0.1, 0.15) is 0 Å². The number of aryl methyl sites for hydroxylation is 1. The molecule has 1 unspecified atom stereocenters. The van der Waals surface area contributed by atoms with Crippen molar-refractivity contribution < 1.29 is 0 Å². The van der Waals surface area contributed by atoms with Crippen molar-refractivity contribution in [1.29, 1.82) is 0 Å². The van der Waals surface area contributed by atoms with Crippen LogP contribution in [0.2, 0.25) is 0 Å². The van der Waals surface area contributed by atoms with Crippen LogP contribution in [0.25, 0.3) is 0 Å². The van der Waals surface area contributed by atoms with E-state index in [-0.39, 0.29) is 0 Å². The van der Waals surface area contributed by atoms with E-state index < -0.39 is 0 Å². The quantitative estimate of drug-likeness (QED) is 0.584. The topological polar surface area (TPSA) is 0 Å². The molecule has 0 nitrogen and oxygen atoms in total. The second kappa shape index (κ2) is 6.88. The van der Waals surface area contributed by atoms with Gasteiger partial charge in [0.25, 0.3) is 0 Å². The van der Waals surface area contributed by atoms with E-state index in [0.29, 0.717) is 5.92 Å². The van der Waals surface area contributed by atoms with E-state index in [0.717, 1.165) is 18.2 Å². The molecule has 0 radical (unpaired) electrons. The highest BCUT2D eigenvalue weighted by Crippen LogP contribution is 2.25. The number of hydrogen-bond donors (Lipinski definition) is 0. The molecule has 0 saturated carbocycles. The second-order valence-electron chi connectivity index (χ2n) is 4.65. The van der Waals surface area contributed by atoms with Crippen LogP contribution in [-0.2, 0) is 12.8 Å². The summed E-state index contributed by atoms with van der Waals surface area (Å²) in [4.78, 5) is 1.46. The molecule has 0 aliphatic heterocycles. The van der Waals surface area contributed by atoms with Crippen molar-refractivity contribution in [2.45, 2.75) is 19.8 Å². The molecule has 0 aliphatic rings. The summed E-state index contributed by atoms with van der Waals surface area (Å²) in [6, 6.07) is 11.1. The summed E-state index contributed by atoms with van der Waals surface area (Å²) in [6.45, 7) is 2.16. The lowest BCUT2D eigenvalue weighted by Gasteiger charge is -2.13. The fraction of sp³-hybridized carbons (Fsp3) is 0.333. The van der Waals surface area contributed by atoms with Crippen molar-refractivity contribution in [2.24, 2.45) is 5.92 Å². The number of thiophene rings is 1. The second-order valence-corrected chi connectivity index (χ2v) is 7.21. The first-order valence-electron chi connectivity index (χ1n) is 6.02. The molecular formula is C15H16Br2S. The van der Waals surface area contributed by atoms with Crippen LogP contribution in [0.15, 0.2) is 40.2 Å². The van der Waals surface area contributed by atoms with Crippen LogP contribution in [0.1, 0.15) is 16.0 Å². The Labute approximate surface area is 130 Å². The first-order chi connectivity index (χ1) is 8.67. The standard InChI is InChI=1S/C15H16Br2S/c1-11-3-2-4-12(5-11)6-13(9-16)7-15-8-14(17)10-18-15/h2-5,8,10,13H,6-7,9H2,1H3. The van der Waals surface area contributed by atoms with Gasteiger partial charge in [-0.1, -0.05) is 45.8 Å². The Hall–Kier alpha value is -0.120. The smallest absolute Gasteiger partial charge is 0.0285 e. The van der Waals surface area contributed by atoms with Crippen molar-refractivity contribution in [1.82, 2.24) is 0 Å². The first kappa shape index (κ1) is 14.3. The zero-order chi connectivity index (χ0) is 13.0. The van der Waals surface area contributed by atoms with Crippen LogP contribution in [0, 0.1) is 12.8 Å². The van der Waals surface area contributed by atoms with Gasteiger partial charge in [0.2, 0.25) is 0 Å². The van der Waals surface area contributed by atoms with E-state index >= 15 is 0 Å². The molecule has 0 saturated heterocycles. The van der Waals surface area contributed by atoms with Gasteiger partial charge in [0.15, 0.2) is 0 Å². The molecule has 1 atom stereocenters. The maximum Gasteiger partial charge on any atom is 0.0285 e. The zero-order valence-electron chi connectivity index (χ0n) is 10.3. The molecule has 0 N–H and O–H groups in total. The van der Waals surface area contributed by atoms with Crippen LogP contribution in [-0.4, -0.2) is 5.33 Å². The summed E-state index contributed by atoms with van der Waals surface area (Å²) >= 11 is 9.01. The highest BCUT2D eigenvalue weighted by atomic mass is 79.9. The molecule has 0 spiro atoms. The van der Waals surface area contributed by atoms with E-state index in [9.17, 15) is 0 Å². The molecular weight excluding hydrogens is 372 g/mol. The Morgan fingerprint density at radius 1 is 1.22 bits per heavy atom. The van der Waals surface area contributed by atoms with Crippen molar-refractivity contribution in [3.63, 3.8) is 0 Å². The van der Waals surface area contributed by atoms with Crippen molar-refractivity contribution >= 4 is 43.2 Å². The van der Waals surface area contributed by atoms with Gasteiger partial charge >= 0.3 is 0 Å². The Balaban J connectivity index is 2.01. The zero-order valence-corrected chi connectivity index (χ0v) is 14.3. The van der Waals surface area contributed by atoms with E-state index in [2.05, 4.69) is 74.5 Å². The molecule has 0 bridgehead atoms. The van der Waals surface area contributed by atoms with Gasteiger partial charge < -0.3 is 0 Å². The average molecular weight is 388 g/mol. The fourth-order valence-electron chi connectivity index (χ4n) is 2.10. The predicted molar refractivity (Wildman–Crippen MR) is 87.9 cm³/mol. The molecule has 0 fully saturated rings. The number of hydrogen-bond acceptors (Lipinski definition) is 1. The molecule has 2 rings (SSSR count). The van der Waals surface area contributed by atoms with Gasteiger partial charge in [-0.15, -0.1) is 11.3 Å². The monoisotopic (exact) mass is 386 g/mol. The van der Waals surface area contributed by atoms with Gasteiger partial charge in [0, 0.05) is 20.1 Å². The lowest BCUT2D eigenvalue weighted by Crippen LogP contribution is -2.09. The molecule has 0 aliphatic carbocycles. The Morgan fingerprint density at radius 2 is 2.06 bits per heavy atom. The van der Waals surface area contributed by atoms with Crippen molar-refractivity contribution in [3.8, 4) is 0 Å². The highest BCUT2D eigenvalue weighted by molar-refractivity contribution is 9.10. The molecule has 1 aromatic carbocycles. The molecule has 1 heterocycles. The first-order valence-corrected chi connectivity index (χ1v) is 8.81. The maximum absolute atomic E-state index is 3.65. The van der Waals surface area contributed by atoms with Gasteiger partial charge in [-0.05, 0) is 53.2 Å². The van der Waals surface area contributed by atoms with Gasteiger partial charge in [-0.3, -0.25) is 0 Å². The minimum Gasteiger partial charge on any atom is -0.148 e. The Kier molecular flexibility index (Phi) is 5.46. The minimum absolute atomic E-state index is 0.664. The van der Waals surface area contributed by atoms with Gasteiger partial charge in [-0.2, -0.15) is 0 Å². The van der Waals surface area contributed by atoms with E-state index in [1.807, 2.05) is 11.3 Å². The SMILES string of the molecule is Cc1cccc(CC(CBr)Cc2cc(Br)cs2)c1. The molecule has 0 amide bonds.